The minimum Gasteiger partial charge on any atom is -0.476 e. The third-order valence-corrected chi connectivity index (χ3v) is 3.35. The summed E-state index contributed by atoms with van der Waals surface area (Å²) in [6.07, 6.45) is 1.53. The number of carboxylic acid groups (broad SMARTS) is 1. The Kier molecular flexibility index (Phi) is 4.17. The van der Waals surface area contributed by atoms with Gasteiger partial charge in [0.15, 0.2) is 5.69 Å². The van der Waals surface area contributed by atoms with E-state index in [-0.39, 0.29) is 5.69 Å². The second-order valence-corrected chi connectivity index (χ2v) is 5.03. The second kappa shape index (κ2) is 5.86. The minimum absolute atomic E-state index is 0.0663. The van der Waals surface area contributed by atoms with Crippen LogP contribution in [0.25, 0.3) is 0 Å². The van der Waals surface area contributed by atoms with E-state index in [9.17, 15) is 4.79 Å². The van der Waals surface area contributed by atoms with Crippen molar-refractivity contribution in [2.24, 2.45) is 0 Å². The summed E-state index contributed by atoms with van der Waals surface area (Å²) in [6.45, 7) is 6.68. The van der Waals surface area contributed by atoms with Gasteiger partial charge < -0.3 is 5.11 Å². The van der Waals surface area contributed by atoms with Crippen molar-refractivity contribution in [3.05, 3.63) is 46.3 Å². The van der Waals surface area contributed by atoms with Gasteiger partial charge in [0.25, 0.3) is 0 Å². The predicted octanol–water partition coefficient (Wildman–Crippen LogP) is 2.59. The Hall–Kier alpha value is -2.17. The van der Waals surface area contributed by atoms with Gasteiger partial charge in [0.05, 0.1) is 12.2 Å². The molecular weight excluding hydrogens is 254 g/mol. The van der Waals surface area contributed by atoms with Gasteiger partial charge in [-0.25, -0.2) is 9.48 Å². The summed E-state index contributed by atoms with van der Waals surface area (Å²) in [5, 5.41) is 16.9. The molecule has 1 heterocycles. The van der Waals surface area contributed by atoms with E-state index in [2.05, 4.69) is 42.4 Å². The first kappa shape index (κ1) is 14.2. The monoisotopic (exact) mass is 273 g/mol. The van der Waals surface area contributed by atoms with E-state index in [1.165, 1.54) is 11.1 Å². The first-order valence-corrected chi connectivity index (χ1v) is 6.74. The van der Waals surface area contributed by atoms with Crippen molar-refractivity contribution in [2.75, 3.05) is 0 Å². The predicted molar refractivity (Wildman–Crippen MR) is 76.0 cm³/mol. The standard InChI is InChI=1S/C15H19N3O2/c1-4-5-13-14(15(19)20)16-17-18(13)9-12-7-6-10(2)8-11(12)3/h6-8H,4-5,9H2,1-3H3,(H,19,20). The molecule has 0 aliphatic carbocycles. The fourth-order valence-electron chi connectivity index (χ4n) is 2.29. The second-order valence-electron chi connectivity index (χ2n) is 5.03. The van der Waals surface area contributed by atoms with Crippen LogP contribution in [0, 0.1) is 13.8 Å². The van der Waals surface area contributed by atoms with Crippen LogP contribution in [0.3, 0.4) is 0 Å². The van der Waals surface area contributed by atoms with Gasteiger partial charge in [-0.05, 0) is 31.4 Å². The van der Waals surface area contributed by atoms with E-state index >= 15 is 0 Å². The van der Waals surface area contributed by atoms with Crippen molar-refractivity contribution >= 4 is 5.97 Å². The van der Waals surface area contributed by atoms with Crippen LogP contribution in [0.15, 0.2) is 18.2 Å². The summed E-state index contributed by atoms with van der Waals surface area (Å²) in [5.74, 6) is -1.01. The van der Waals surface area contributed by atoms with E-state index in [0.717, 1.165) is 12.0 Å². The molecule has 0 radical (unpaired) electrons. The van der Waals surface area contributed by atoms with E-state index < -0.39 is 5.97 Å². The summed E-state index contributed by atoms with van der Waals surface area (Å²) in [7, 11) is 0. The molecule has 1 aromatic carbocycles. The Labute approximate surface area is 118 Å². The average molecular weight is 273 g/mol. The number of nitrogens with zero attached hydrogens (tertiary/aromatic N) is 3. The van der Waals surface area contributed by atoms with Crippen LogP contribution in [0.4, 0.5) is 0 Å². The maximum atomic E-state index is 11.2. The fourth-order valence-corrected chi connectivity index (χ4v) is 2.29. The van der Waals surface area contributed by atoms with Crippen LogP contribution in [0.2, 0.25) is 0 Å². The molecule has 2 rings (SSSR count). The number of hydrogen-bond donors (Lipinski definition) is 1. The Balaban J connectivity index is 2.35. The normalized spacial score (nSPS) is 10.8. The van der Waals surface area contributed by atoms with Crippen molar-refractivity contribution in [3.63, 3.8) is 0 Å². The zero-order valence-electron chi connectivity index (χ0n) is 12.1. The molecule has 0 saturated heterocycles. The molecule has 0 spiro atoms. The number of benzene rings is 1. The number of hydrogen-bond acceptors (Lipinski definition) is 3. The highest BCUT2D eigenvalue weighted by molar-refractivity contribution is 5.86. The van der Waals surface area contributed by atoms with Crippen LogP contribution < -0.4 is 0 Å². The van der Waals surface area contributed by atoms with Gasteiger partial charge in [0.2, 0.25) is 0 Å². The van der Waals surface area contributed by atoms with Crippen LogP contribution >= 0.6 is 0 Å². The molecule has 0 saturated carbocycles. The topological polar surface area (TPSA) is 68.0 Å². The highest BCUT2D eigenvalue weighted by Gasteiger charge is 2.18. The maximum absolute atomic E-state index is 11.2. The van der Waals surface area contributed by atoms with Crippen molar-refractivity contribution in [1.82, 2.24) is 15.0 Å². The summed E-state index contributed by atoms with van der Waals surface area (Å²) >= 11 is 0. The number of carbonyl (C=O) groups is 1. The molecule has 0 atom stereocenters. The van der Waals surface area contributed by atoms with Crippen molar-refractivity contribution in [2.45, 2.75) is 40.2 Å². The maximum Gasteiger partial charge on any atom is 0.358 e. The first-order chi connectivity index (χ1) is 9.52. The van der Waals surface area contributed by atoms with Crippen molar-refractivity contribution in [3.8, 4) is 0 Å². The van der Waals surface area contributed by atoms with Crippen molar-refractivity contribution in [1.29, 1.82) is 0 Å². The molecule has 0 aliphatic rings. The van der Waals surface area contributed by atoms with E-state index in [1.54, 1.807) is 4.68 Å². The zero-order valence-corrected chi connectivity index (χ0v) is 12.1. The van der Waals surface area contributed by atoms with E-state index in [1.807, 2.05) is 6.92 Å². The zero-order chi connectivity index (χ0) is 14.7. The van der Waals surface area contributed by atoms with E-state index in [0.29, 0.717) is 18.7 Å². The summed E-state index contributed by atoms with van der Waals surface area (Å²) in [5.41, 5.74) is 4.29. The van der Waals surface area contributed by atoms with Gasteiger partial charge in [0.1, 0.15) is 0 Å². The van der Waals surface area contributed by atoms with Gasteiger partial charge in [-0.15, -0.1) is 5.10 Å². The Morgan fingerprint density at radius 3 is 2.70 bits per heavy atom. The third kappa shape index (κ3) is 2.87. The van der Waals surface area contributed by atoms with Gasteiger partial charge in [-0.2, -0.15) is 0 Å². The van der Waals surface area contributed by atoms with Crippen LogP contribution in [-0.2, 0) is 13.0 Å². The summed E-state index contributed by atoms with van der Waals surface area (Å²) in [4.78, 5) is 11.2. The highest BCUT2D eigenvalue weighted by atomic mass is 16.4. The third-order valence-electron chi connectivity index (χ3n) is 3.35. The van der Waals surface area contributed by atoms with E-state index in [4.69, 9.17) is 5.11 Å². The highest BCUT2D eigenvalue weighted by Crippen LogP contribution is 2.15. The SMILES string of the molecule is CCCc1c(C(=O)O)nnn1Cc1ccc(C)cc1C. The number of aromatic carboxylic acids is 1. The van der Waals surface area contributed by atoms with Crippen LogP contribution in [0.5, 0.6) is 0 Å². The summed E-state index contributed by atoms with van der Waals surface area (Å²) in [6, 6.07) is 6.23. The lowest BCUT2D eigenvalue weighted by molar-refractivity contribution is 0.0689. The molecule has 5 nitrogen and oxygen atoms in total. The molecule has 0 fully saturated rings. The lowest BCUT2D eigenvalue weighted by Crippen LogP contribution is -2.10. The fraction of sp³-hybridized carbons (Fsp3) is 0.400. The number of aromatic nitrogens is 3. The van der Waals surface area contributed by atoms with Crippen LogP contribution in [-0.4, -0.2) is 26.1 Å². The Bertz CT molecular complexity index is 632. The molecule has 5 heteroatoms. The molecule has 1 N–H and O–H groups in total. The van der Waals surface area contributed by atoms with Gasteiger partial charge >= 0.3 is 5.97 Å². The first-order valence-electron chi connectivity index (χ1n) is 6.74. The molecule has 1 aromatic heterocycles. The smallest absolute Gasteiger partial charge is 0.358 e. The lowest BCUT2D eigenvalue weighted by atomic mass is 10.1. The number of carboxylic acids is 1. The van der Waals surface area contributed by atoms with Crippen LogP contribution in [0.1, 0.15) is 46.2 Å². The Morgan fingerprint density at radius 1 is 1.35 bits per heavy atom. The van der Waals surface area contributed by atoms with Gasteiger partial charge in [0, 0.05) is 0 Å². The molecule has 0 amide bonds. The molecule has 0 aliphatic heterocycles. The average Bonchev–Trinajstić information content (AvgIpc) is 2.77. The largest absolute Gasteiger partial charge is 0.476 e. The number of aryl methyl sites for hydroxylation is 2. The Morgan fingerprint density at radius 2 is 2.10 bits per heavy atom. The molecule has 20 heavy (non-hydrogen) atoms. The number of rotatable bonds is 5. The molecular formula is C15H19N3O2. The molecule has 2 aromatic rings. The summed E-state index contributed by atoms with van der Waals surface area (Å²) < 4.78 is 1.70. The van der Waals surface area contributed by atoms with Gasteiger partial charge in [-0.3, -0.25) is 0 Å². The van der Waals surface area contributed by atoms with Crippen molar-refractivity contribution < 1.29 is 9.90 Å². The molecule has 0 bridgehead atoms. The minimum atomic E-state index is -1.01. The molecule has 106 valence electrons. The van der Waals surface area contributed by atoms with Gasteiger partial charge in [-0.1, -0.05) is 42.3 Å². The quantitative estimate of drug-likeness (QED) is 0.909. The lowest BCUT2D eigenvalue weighted by Gasteiger charge is -2.09. The molecule has 0 unspecified atom stereocenters.